The SMILES string of the molecule is Cc1ccc(S(=O)(=O)O/C=C/C2=C(C(=O)OC(c3ccccc3)c3ccccc3)N3C(=O)C(N)[C@@H]3SC2)cc1. The number of benzene rings is 3. The van der Waals surface area contributed by atoms with E-state index in [0.717, 1.165) is 23.0 Å². The summed E-state index contributed by atoms with van der Waals surface area (Å²) in [5.41, 5.74) is 8.83. The molecule has 1 unspecified atom stereocenters. The maximum atomic E-state index is 13.7. The summed E-state index contributed by atoms with van der Waals surface area (Å²) < 4.78 is 36.4. The molecule has 1 amide bonds. The number of hydrogen-bond acceptors (Lipinski definition) is 8. The summed E-state index contributed by atoms with van der Waals surface area (Å²) in [7, 11) is -4.07. The number of esters is 1. The van der Waals surface area contributed by atoms with E-state index in [1.54, 1.807) is 12.1 Å². The Kier molecular flexibility index (Phi) is 7.60. The van der Waals surface area contributed by atoms with Crippen molar-refractivity contribution in [3.05, 3.63) is 125 Å². The molecule has 2 aliphatic heterocycles. The molecule has 2 atom stereocenters. The van der Waals surface area contributed by atoms with Crippen LogP contribution in [0.5, 0.6) is 0 Å². The number of fused-ring (bicyclic) bond motifs is 1. The molecule has 10 heteroatoms. The highest BCUT2D eigenvalue weighted by Crippen LogP contribution is 2.41. The Labute approximate surface area is 231 Å². The van der Waals surface area contributed by atoms with E-state index in [9.17, 15) is 18.0 Å². The molecule has 3 aromatic rings. The zero-order valence-corrected chi connectivity index (χ0v) is 22.6. The van der Waals surface area contributed by atoms with Gasteiger partial charge in [-0.25, -0.2) is 4.79 Å². The Morgan fingerprint density at radius 1 is 1.00 bits per heavy atom. The zero-order valence-electron chi connectivity index (χ0n) is 21.0. The molecule has 2 heterocycles. The molecule has 0 radical (unpaired) electrons. The van der Waals surface area contributed by atoms with Crippen LogP contribution in [0.1, 0.15) is 22.8 Å². The number of ether oxygens (including phenoxy) is 1. The van der Waals surface area contributed by atoms with Crippen LogP contribution in [-0.2, 0) is 28.6 Å². The van der Waals surface area contributed by atoms with E-state index in [0.29, 0.717) is 11.3 Å². The largest absolute Gasteiger partial charge is 0.448 e. The number of β-lactam (4-membered cyclic amide) rings is 1. The van der Waals surface area contributed by atoms with Crippen molar-refractivity contribution in [2.75, 3.05) is 5.75 Å². The third kappa shape index (κ3) is 5.49. The van der Waals surface area contributed by atoms with Crippen LogP contribution in [0.2, 0.25) is 0 Å². The van der Waals surface area contributed by atoms with Gasteiger partial charge >= 0.3 is 16.1 Å². The topological polar surface area (TPSA) is 116 Å². The predicted octanol–water partition coefficient (Wildman–Crippen LogP) is 4.04. The number of amides is 1. The molecule has 0 spiro atoms. The Hall–Kier alpha value is -3.86. The lowest BCUT2D eigenvalue weighted by Crippen LogP contribution is -2.68. The lowest BCUT2D eigenvalue weighted by Gasteiger charge is -2.48. The van der Waals surface area contributed by atoms with Crippen LogP contribution in [0, 0.1) is 6.92 Å². The first kappa shape index (κ1) is 26.7. The van der Waals surface area contributed by atoms with Gasteiger partial charge in [0.15, 0.2) is 6.10 Å². The molecule has 2 N–H and O–H groups in total. The molecule has 0 aromatic heterocycles. The summed E-state index contributed by atoms with van der Waals surface area (Å²) in [6.45, 7) is 1.85. The molecule has 0 saturated carbocycles. The molecule has 5 rings (SSSR count). The summed E-state index contributed by atoms with van der Waals surface area (Å²) in [5.74, 6) is -0.827. The van der Waals surface area contributed by atoms with Crippen LogP contribution in [-0.4, -0.2) is 42.4 Å². The minimum Gasteiger partial charge on any atom is -0.448 e. The van der Waals surface area contributed by atoms with Gasteiger partial charge in [0, 0.05) is 5.75 Å². The second kappa shape index (κ2) is 11.1. The lowest BCUT2D eigenvalue weighted by molar-refractivity contribution is -0.153. The lowest BCUT2D eigenvalue weighted by atomic mass is 10.0. The molecule has 2 aliphatic rings. The quantitative estimate of drug-likeness (QED) is 0.189. The standard InChI is InChI=1S/C29H26N2O6S2/c1-19-12-14-23(15-13-19)39(34,35)36-17-16-22-18-38-28-24(30)27(32)31(28)25(22)29(33)37-26(20-8-4-2-5-9-20)21-10-6-3-7-11-21/h2-17,24,26,28H,18,30H2,1H3/b17-16+/t24?,28-/m0/s1. The number of allylic oxidation sites excluding steroid dienone is 1. The van der Waals surface area contributed by atoms with Crippen LogP contribution < -0.4 is 5.73 Å². The van der Waals surface area contributed by atoms with Crippen LogP contribution >= 0.6 is 11.8 Å². The van der Waals surface area contributed by atoms with E-state index in [4.69, 9.17) is 14.7 Å². The van der Waals surface area contributed by atoms with E-state index in [2.05, 4.69) is 0 Å². The summed E-state index contributed by atoms with van der Waals surface area (Å²) in [6, 6.07) is 24.1. The van der Waals surface area contributed by atoms with E-state index < -0.39 is 39.5 Å². The van der Waals surface area contributed by atoms with Gasteiger partial charge in [-0.3, -0.25) is 9.69 Å². The molecular weight excluding hydrogens is 536 g/mol. The van der Waals surface area contributed by atoms with Crippen LogP contribution in [0.25, 0.3) is 0 Å². The number of hydrogen-bond donors (Lipinski definition) is 1. The monoisotopic (exact) mass is 562 g/mol. The molecule has 1 saturated heterocycles. The van der Waals surface area contributed by atoms with Crippen molar-refractivity contribution >= 4 is 33.8 Å². The summed E-state index contributed by atoms with van der Waals surface area (Å²) in [5, 5.41) is -0.415. The summed E-state index contributed by atoms with van der Waals surface area (Å²) in [6.07, 6.45) is 1.66. The molecule has 200 valence electrons. The molecular formula is C29H26N2O6S2. The number of carbonyl (C=O) groups excluding carboxylic acids is 2. The third-order valence-corrected chi connectivity index (χ3v) is 8.96. The molecule has 0 aliphatic carbocycles. The first-order valence-corrected chi connectivity index (χ1v) is 14.6. The van der Waals surface area contributed by atoms with Gasteiger partial charge in [-0.05, 0) is 41.8 Å². The summed E-state index contributed by atoms with van der Waals surface area (Å²) in [4.78, 5) is 27.7. The Balaban J connectivity index is 1.46. The zero-order chi connectivity index (χ0) is 27.6. The fourth-order valence-corrected chi connectivity index (χ4v) is 6.40. The third-order valence-electron chi connectivity index (χ3n) is 6.42. The Morgan fingerprint density at radius 2 is 1.59 bits per heavy atom. The van der Waals surface area contributed by atoms with Gasteiger partial charge in [0.25, 0.3) is 0 Å². The van der Waals surface area contributed by atoms with Crippen molar-refractivity contribution in [2.24, 2.45) is 5.73 Å². The number of nitrogens with two attached hydrogens (primary N) is 1. The number of rotatable bonds is 8. The van der Waals surface area contributed by atoms with Crippen LogP contribution in [0.4, 0.5) is 0 Å². The average molecular weight is 563 g/mol. The molecule has 3 aromatic carbocycles. The maximum Gasteiger partial charge on any atom is 0.356 e. The molecule has 0 bridgehead atoms. The van der Waals surface area contributed by atoms with Crippen LogP contribution in [0.3, 0.4) is 0 Å². The minimum atomic E-state index is -4.07. The van der Waals surface area contributed by atoms with Crippen molar-refractivity contribution in [3.8, 4) is 0 Å². The van der Waals surface area contributed by atoms with E-state index in [1.165, 1.54) is 34.9 Å². The molecule has 39 heavy (non-hydrogen) atoms. The average Bonchev–Trinajstić information content (AvgIpc) is 2.96. The highest BCUT2D eigenvalue weighted by Gasteiger charge is 2.52. The van der Waals surface area contributed by atoms with Crippen molar-refractivity contribution in [3.63, 3.8) is 0 Å². The molecule has 1 fully saturated rings. The Bertz CT molecular complexity index is 1500. The van der Waals surface area contributed by atoms with Crippen molar-refractivity contribution in [2.45, 2.75) is 29.3 Å². The maximum absolute atomic E-state index is 13.7. The fraction of sp³-hybridized carbons (Fsp3) is 0.172. The second-order valence-corrected chi connectivity index (χ2v) is 11.8. The van der Waals surface area contributed by atoms with Gasteiger partial charge in [0.1, 0.15) is 28.3 Å². The van der Waals surface area contributed by atoms with Gasteiger partial charge in [0.05, 0.1) is 0 Å². The fourth-order valence-electron chi connectivity index (χ4n) is 4.35. The highest BCUT2D eigenvalue weighted by atomic mass is 32.2. The minimum absolute atomic E-state index is 0.00176. The van der Waals surface area contributed by atoms with Crippen LogP contribution in [0.15, 0.2) is 113 Å². The smallest absolute Gasteiger partial charge is 0.356 e. The first-order valence-electron chi connectivity index (χ1n) is 12.2. The van der Waals surface area contributed by atoms with Gasteiger partial charge < -0.3 is 14.7 Å². The summed E-state index contributed by atoms with van der Waals surface area (Å²) >= 11 is 1.38. The number of aryl methyl sites for hydroxylation is 1. The number of carbonyl (C=O) groups is 2. The predicted molar refractivity (Wildman–Crippen MR) is 148 cm³/mol. The first-order chi connectivity index (χ1) is 18.8. The normalized spacial score (nSPS) is 19.2. The Morgan fingerprint density at radius 3 is 2.18 bits per heavy atom. The molecule has 8 nitrogen and oxygen atoms in total. The second-order valence-electron chi connectivity index (χ2n) is 9.08. The number of thioether (sulfide) groups is 1. The van der Waals surface area contributed by atoms with E-state index in [-0.39, 0.29) is 10.6 Å². The highest BCUT2D eigenvalue weighted by molar-refractivity contribution is 8.00. The van der Waals surface area contributed by atoms with Crippen molar-refractivity contribution < 1.29 is 26.9 Å². The van der Waals surface area contributed by atoms with E-state index >= 15 is 0 Å². The number of nitrogens with zero attached hydrogens (tertiary/aromatic N) is 1. The van der Waals surface area contributed by atoms with Gasteiger partial charge in [-0.15, -0.1) is 11.8 Å². The van der Waals surface area contributed by atoms with Crippen molar-refractivity contribution in [1.82, 2.24) is 4.90 Å². The van der Waals surface area contributed by atoms with Gasteiger partial charge in [0.2, 0.25) is 5.91 Å². The van der Waals surface area contributed by atoms with E-state index in [1.807, 2.05) is 67.6 Å². The van der Waals surface area contributed by atoms with Crippen molar-refractivity contribution in [1.29, 1.82) is 0 Å². The van der Waals surface area contributed by atoms with Gasteiger partial charge in [-0.2, -0.15) is 8.42 Å². The van der Waals surface area contributed by atoms with Gasteiger partial charge in [-0.1, -0.05) is 78.4 Å².